The van der Waals surface area contributed by atoms with Crippen LogP contribution in [0.1, 0.15) is 54.1 Å². The molecule has 0 N–H and O–H groups in total. The number of aromatic nitrogens is 1. The van der Waals surface area contributed by atoms with E-state index >= 15 is 0 Å². The number of rotatable bonds is 3. The van der Waals surface area contributed by atoms with E-state index in [9.17, 15) is 9.59 Å². The van der Waals surface area contributed by atoms with Crippen molar-refractivity contribution in [3.8, 4) is 11.5 Å². The number of pyridine rings is 1. The lowest BCUT2D eigenvalue weighted by Crippen LogP contribution is -2.25. The van der Waals surface area contributed by atoms with Crippen LogP contribution in [-0.2, 0) is 9.47 Å². The van der Waals surface area contributed by atoms with E-state index in [4.69, 9.17) is 9.47 Å². The van der Waals surface area contributed by atoms with Gasteiger partial charge in [0.15, 0.2) is 0 Å². The van der Waals surface area contributed by atoms with Crippen LogP contribution in [-0.4, -0.2) is 37.2 Å². The molecule has 0 aliphatic carbocycles. The fourth-order valence-corrected chi connectivity index (χ4v) is 2.14. The van der Waals surface area contributed by atoms with Gasteiger partial charge in [-0.1, -0.05) is 25.6 Å². The first-order chi connectivity index (χ1) is 10.9. The molecule has 0 radical (unpaired) electrons. The van der Waals surface area contributed by atoms with E-state index < -0.39 is 25.6 Å². The molecule has 5 nitrogen and oxygen atoms in total. The summed E-state index contributed by atoms with van der Waals surface area (Å²) in [6, 6.07) is 1.39. The average Bonchev–Trinajstić information content (AvgIpc) is 2.42. The number of ether oxygens (including phenoxy) is 2. The zero-order valence-electron chi connectivity index (χ0n) is 15.4. The molecular formula is C18H25NO4Si. The molecule has 0 unspecified atom stereocenters. The third-order valence-corrected chi connectivity index (χ3v) is 3.45. The number of hydrogen-bond acceptors (Lipinski definition) is 5. The summed E-state index contributed by atoms with van der Waals surface area (Å²) in [4.78, 5) is 28.4. The second-order valence-corrected chi connectivity index (χ2v) is 12.1. The van der Waals surface area contributed by atoms with E-state index in [-0.39, 0.29) is 17.9 Å². The predicted molar refractivity (Wildman–Crippen MR) is 95.6 cm³/mol. The topological polar surface area (TPSA) is 65.5 Å². The molecule has 0 fully saturated rings. The molecule has 0 saturated carbocycles. The van der Waals surface area contributed by atoms with Gasteiger partial charge >= 0.3 is 11.9 Å². The first kappa shape index (κ1) is 19.9. The van der Waals surface area contributed by atoms with Gasteiger partial charge < -0.3 is 9.47 Å². The van der Waals surface area contributed by atoms with E-state index in [1.807, 2.05) is 0 Å². The number of esters is 2. The van der Waals surface area contributed by atoms with Crippen molar-refractivity contribution >= 4 is 20.0 Å². The van der Waals surface area contributed by atoms with Gasteiger partial charge in [-0.15, -0.1) is 5.54 Å². The van der Waals surface area contributed by atoms with Gasteiger partial charge in [-0.25, -0.2) is 14.6 Å². The fourth-order valence-electron chi connectivity index (χ4n) is 1.63. The molecule has 0 aliphatic rings. The normalized spacial score (nSPS) is 11.3. The Morgan fingerprint density at radius 1 is 1.21 bits per heavy atom. The largest absolute Gasteiger partial charge is 0.462 e. The van der Waals surface area contributed by atoms with Crippen LogP contribution < -0.4 is 0 Å². The van der Waals surface area contributed by atoms with Crippen molar-refractivity contribution < 1.29 is 19.1 Å². The van der Waals surface area contributed by atoms with Gasteiger partial charge in [0.25, 0.3) is 0 Å². The molecule has 0 saturated heterocycles. The lowest BCUT2D eigenvalue weighted by Gasteiger charge is -2.19. The SMILES string of the molecule is CCOC(=O)c1cc(C(=O)OC(C)(C)C)ncc1C#C[Si](C)(C)C. The maximum atomic E-state index is 12.2. The highest BCUT2D eigenvalue weighted by Crippen LogP contribution is 2.15. The summed E-state index contributed by atoms with van der Waals surface area (Å²) >= 11 is 0. The van der Waals surface area contributed by atoms with Crippen LogP contribution in [0.25, 0.3) is 0 Å². The van der Waals surface area contributed by atoms with Gasteiger partial charge in [0.1, 0.15) is 19.4 Å². The molecule has 130 valence electrons. The summed E-state index contributed by atoms with van der Waals surface area (Å²) in [6.07, 6.45) is 1.43. The minimum absolute atomic E-state index is 0.0616. The average molecular weight is 347 g/mol. The van der Waals surface area contributed by atoms with Crippen molar-refractivity contribution in [1.82, 2.24) is 4.98 Å². The molecule has 0 bridgehead atoms. The Bertz CT molecular complexity index is 688. The van der Waals surface area contributed by atoms with Crippen molar-refractivity contribution in [2.75, 3.05) is 6.61 Å². The molecule has 6 heteroatoms. The van der Waals surface area contributed by atoms with Crippen molar-refractivity contribution in [3.05, 3.63) is 29.1 Å². The Morgan fingerprint density at radius 2 is 1.83 bits per heavy atom. The monoisotopic (exact) mass is 347 g/mol. The molecular weight excluding hydrogens is 322 g/mol. The van der Waals surface area contributed by atoms with Crippen LogP contribution in [0.3, 0.4) is 0 Å². The Balaban J connectivity index is 3.30. The lowest BCUT2D eigenvalue weighted by atomic mass is 10.1. The van der Waals surface area contributed by atoms with Crippen LogP contribution in [0.4, 0.5) is 0 Å². The summed E-state index contributed by atoms with van der Waals surface area (Å²) < 4.78 is 10.4. The zero-order valence-corrected chi connectivity index (χ0v) is 16.4. The molecule has 1 aromatic rings. The Morgan fingerprint density at radius 3 is 2.33 bits per heavy atom. The maximum Gasteiger partial charge on any atom is 0.357 e. The van der Waals surface area contributed by atoms with E-state index in [2.05, 4.69) is 36.1 Å². The van der Waals surface area contributed by atoms with Crippen LogP contribution in [0.15, 0.2) is 12.3 Å². The van der Waals surface area contributed by atoms with E-state index in [0.717, 1.165) is 0 Å². The van der Waals surface area contributed by atoms with Crippen LogP contribution in [0.2, 0.25) is 19.6 Å². The molecule has 0 amide bonds. The van der Waals surface area contributed by atoms with E-state index in [1.54, 1.807) is 27.7 Å². The van der Waals surface area contributed by atoms with Crippen LogP contribution >= 0.6 is 0 Å². The number of hydrogen-bond donors (Lipinski definition) is 0. The molecule has 0 aromatic carbocycles. The molecule has 1 heterocycles. The Hall–Kier alpha value is -2.13. The van der Waals surface area contributed by atoms with E-state index in [1.165, 1.54) is 12.3 Å². The van der Waals surface area contributed by atoms with Gasteiger partial charge in [-0.2, -0.15) is 0 Å². The lowest BCUT2D eigenvalue weighted by molar-refractivity contribution is 0.00628. The minimum Gasteiger partial charge on any atom is -0.462 e. The molecule has 1 aromatic heterocycles. The predicted octanol–water partition coefficient (Wildman–Crippen LogP) is 3.44. The third kappa shape index (κ3) is 6.55. The second-order valence-electron chi connectivity index (χ2n) is 7.34. The molecule has 0 atom stereocenters. The molecule has 24 heavy (non-hydrogen) atoms. The number of carbonyl (C=O) groups excluding carboxylic acids is 2. The summed E-state index contributed by atoms with van der Waals surface area (Å²) in [7, 11) is -1.62. The highest BCUT2D eigenvalue weighted by Gasteiger charge is 2.22. The van der Waals surface area contributed by atoms with Crippen molar-refractivity contribution in [2.24, 2.45) is 0 Å². The van der Waals surface area contributed by atoms with Gasteiger partial charge in [0, 0.05) is 6.20 Å². The Labute approximate surface area is 144 Å². The molecule has 1 rings (SSSR count). The molecule has 0 spiro atoms. The summed E-state index contributed by atoms with van der Waals surface area (Å²) in [5.41, 5.74) is 3.31. The van der Waals surface area contributed by atoms with Crippen molar-refractivity contribution in [1.29, 1.82) is 0 Å². The quantitative estimate of drug-likeness (QED) is 0.476. The first-order valence-electron chi connectivity index (χ1n) is 7.86. The van der Waals surface area contributed by atoms with Gasteiger partial charge in [0.05, 0.1) is 17.7 Å². The molecule has 0 aliphatic heterocycles. The third-order valence-electron chi connectivity index (χ3n) is 2.58. The van der Waals surface area contributed by atoms with E-state index in [0.29, 0.717) is 5.56 Å². The standard InChI is InChI=1S/C18H25NO4Si/c1-8-22-16(20)14-11-15(17(21)23-18(2,3)4)19-12-13(14)9-10-24(5,6)7/h11-12H,8H2,1-7H3. The van der Waals surface area contributed by atoms with Gasteiger partial charge in [0.2, 0.25) is 0 Å². The fraction of sp³-hybridized carbons (Fsp3) is 0.500. The highest BCUT2D eigenvalue weighted by molar-refractivity contribution is 6.83. The number of nitrogens with zero attached hydrogens (tertiary/aromatic N) is 1. The van der Waals surface area contributed by atoms with Crippen LogP contribution in [0.5, 0.6) is 0 Å². The van der Waals surface area contributed by atoms with Gasteiger partial charge in [-0.3, -0.25) is 0 Å². The minimum atomic E-state index is -1.62. The zero-order chi connectivity index (χ0) is 18.5. The maximum absolute atomic E-state index is 12.2. The van der Waals surface area contributed by atoms with Crippen LogP contribution in [0, 0.1) is 11.5 Å². The second kappa shape index (κ2) is 7.62. The van der Waals surface area contributed by atoms with Gasteiger partial charge in [-0.05, 0) is 33.8 Å². The number of carbonyl (C=O) groups is 2. The first-order valence-corrected chi connectivity index (χ1v) is 11.4. The summed E-state index contributed by atoms with van der Waals surface area (Å²) in [6.45, 7) is 13.6. The summed E-state index contributed by atoms with van der Waals surface area (Å²) in [5.74, 6) is 1.89. The van der Waals surface area contributed by atoms with Crippen molar-refractivity contribution in [2.45, 2.75) is 52.9 Å². The Kier molecular flexibility index (Phi) is 6.33. The smallest absolute Gasteiger partial charge is 0.357 e. The highest BCUT2D eigenvalue weighted by atomic mass is 28.3. The van der Waals surface area contributed by atoms with Crippen molar-refractivity contribution in [3.63, 3.8) is 0 Å². The summed E-state index contributed by atoms with van der Waals surface area (Å²) in [5, 5.41) is 0.